The molecule has 0 aliphatic heterocycles. The number of carbonyl (C=O) groups excluding carboxylic acids is 1. The molecule has 25 heavy (non-hydrogen) atoms. The first kappa shape index (κ1) is 17.7. The number of hydrogen-bond acceptors (Lipinski definition) is 1. The number of amides is 1. The van der Waals surface area contributed by atoms with Gasteiger partial charge in [-0.05, 0) is 35.8 Å². The van der Waals surface area contributed by atoms with Crippen molar-refractivity contribution in [1.29, 1.82) is 0 Å². The fourth-order valence-electron chi connectivity index (χ4n) is 4.13. The van der Waals surface area contributed by atoms with Gasteiger partial charge in [0.25, 0.3) is 0 Å². The van der Waals surface area contributed by atoms with Crippen LogP contribution < -0.4 is 5.32 Å². The van der Waals surface area contributed by atoms with Crippen LogP contribution in [-0.4, -0.2) is 5.91 Å². The van der Waals surface area contributed by atoms with Gasteiger partial charge in [0.1, 0.15) is 0 Å². The van der Waals surface area contributed by atoms with E-state index in [9.17, 15) is 4.79 Å². The Morgan fingerprint density at radius 2 is 1.40 bits per heavy atom. The van der Waals surface area contributed by atoms with E-state index in [4.69, 9.17) is 0 Å². The van der Waals surface area contributed by atoms with Crippen molar-refractivity contribution in [1.82, 2.24) is 5.32 Å². The predicted molar refractivity (Wildman–Crippen MR) is 103 cm³/mol. The lowest BCUT2D eigenvalue weighted by Gasteiger charge is -2.28. The lowest BCUT2D eigenvalue weighted by atomic mass is 9.83. The summed E-state index contributed by atoms with van der Waals surface area (Å²) in [5.41, 5.74) is 2.34. The van der Waals surface area contributed by atoms with Crippen LogP contribution in [-0.2, 0) is 4.79 Å². The third kappa shape index (κ3) is 4.31. The first-order chi connectivity index (χ1) is 12.2. The zero-order valence-electron chi connectivity index (χ0n) is 15.3. The topological polar surface area (TPSA) is 29.1 Å². The molecule has 0 saturated heterocycles. The summed E-state index contributed by atoms with van der Waals surface area (Å²) in [6, 6.07) is 20.7. The largest absolute Gasteiger partial charge is 0.349 e. The summed E-state index contributed by atoms with van der Waals surface area (Å²) in [5.74, 6) is 0.964. The summed E-state index contributed by atoms with van der Waals surface area (Å²) in [6.45, 7) is 4.34. The second-order valence-corrected chi connectivity index (χ2v) is 7.57. The fraction of sp³-hybridized carbons (Fsp3) is 0.435. The van der Waals surface area contributed by atoms with E-state index in [-0.39, 0.29) is 17.9 Å². The van der Waals surface area contributed by atoms with Crippen molar-refractivity contribution in [2.24, 2.45) is 11.8 Å². The van der Waals surface area contributed by atoms with Crippen LogP contribution in [0.15, 0.2) is 60.7 Å². The van der Waals surface area contributed by atoms with E-state index in [0.717, 1.165) is 18.4 Å². The molecule has 1 saturated carbocycles. The number of carbonyl (C=O) groups is 1. The Bertz CT molecular complexity index is 659. The van der Waals surface area contributed by atoms with E-state index in [1.807, 2.05) is 36.4 Å². The molecular formula is C23H29NO. The first-order valence-electron chi connectivity index (χ1n) is 9.57. The molecule has 2 aromatic rings. The molecule has 0 unspecified atom stereocenters. The van der Waals surface area contributed by atoms with E-state index in [1.165, 1.54) is 18.4 Å². The standard InChI is InChI=1S/C23H29NO/c1-17(2)22(20-15-7-4-8-16-20)24-23(25)21(19-13-9-10-14-19)18-11-5-3-6-12-18/h3-8,11-12,15-17,19,21-22H,9-10,13-14H2,1-2H3,(H,24,25)/t21-,22-/m0/s1. The van der Waals surface area contributed by atoms with Crippen LogP contribution in [0, 0.1) is 11.8 Å². The van der Waals surface area contributed by atoms with E-state index in [1.54, 1.807) is 0 Å². The maximum atomic E-state index is 13.3. The van der Waals surface area contributed by atoms with Gasteiger partial charge in [-0.2, -0.15) is 0 Å². The summed E-state index contributed by atoms with van der Waals surface area (Å²) in [4.78, 5) is 13.3. The Hall–Kier alpha value is -2.09. The average Bonchev–Trinajstić information content (AvgIpc) is 3.15. The smallest absolute Gasteiger partial charge is 0.228 e. The van der Waals surface area contributed by atoms with E-state index in [0.29, 0.717) is 11.8 Å². The molecule has 0 radical (unpaired) electrons. The summed E-state index contributed by atoms with van der Waals surface area (Å²) in [5, 5.41) is 3.37. The molecule has 1 aliphatic carbocycles. The van der Waals surface area contributed by atoms with Crippen LogP contribution in [0.2, 0.25) is 0 Å². The molecule has 2 aromatic carbocycles. The molecule has 0 spiro atoms. The molecule has 1 aliphatic rings. The van der Waals surface area contributed by atoms with Crippen LogP contribution in [0.4, 0.5) is 0 Å². The molecule has 0 bridgehead atoms. The second kappa shape index (κ2) is 8.33. The van der Waals surface area contributed by atoms with Crippen molar-refractivity contribution in [3.8, 4) is 0 Å². The quantitative estimate of drug-likeness (QED) is 0.744. The molecule has 2 nitrogen and oxygen atoms in total. The average molecular weight is 335 g/mol. The number of nitrogens with one attached hydrogen (secondary N) is 1. The molecule has 2 atom stereocenters. The Morgan fingerprint density at radius 1 is 0.880 bits per heavy atom. The third-order valence-corrected chi connectivity index (χ3v) is 5.44. The molecule has 1 fully saturated rings. The van der Waals surface area contributed by atoms with Crippen molar-refractivity contribution in [3.05, 3.63) is 71.8 Å². The molecule has 3 rings (SSSR count). The van der Waals surface area contributed by atoms with Crippen LogP contribution in [0.1, 0.15) is 62.6 Å². The maximum absolute atomic E-state index is 13.3. The highest BCUT2D eigenvalue weighted by Crippen LogP contribution is 2.38. The normalized spacial score (nSPS) is 17.4. The van der Waals surface area contributed by atoms with Gasteiger partial charge in [-0.3, -0.25) is 4.79 Å². The van der Waals surface area contributed by atoms with Crippen molar-refractivity contribution in [3.63, 3.8) is 0 Å². The number of benzene rings is 2. The molecule has 0 heterocycles. The predicted octanol–water partition coefficient (Wildman–Crippen LogP) is 5.47. The summed E-state index contributed by atoms with van der Waals surface area (Å²) < 4.78 is 0. The van der Waals surface area contributed by atoms with Gasteiger partial charge in [0, 0.05) is 0 Å². The molecule has 1 amide bonds. The summed E-state index contributed by atoms with van der Waals surface area (Å²) in [7, 11) is 0. The van der Waals surface area contributed by atoms with E-state index >= 15 is 0 Å². The second-order valence-electron chi connectivity index (χ2n) is 7.57. The summed E-state index contributed by atoms with van der Waals surface area (Å²) in [6.07, 6.45) is 4.80. The highest BCUT2D eigenvalue weighted by atomic mass is 16.2. The molecular weight excluding hydrogens is 306 g/mol. The SMILES string of the molecule is CC(C)[C@H](NC(=O)[C@@H](c1ccccc1)C1CCCC1)c1ccccc1. The Balaban J connectivity index is 1.84. The molecule has 132 valence electrons. The van der Waals surface area contributed by atoms with Crippen molar-refractivity contribution in [2.75, 3.05) is 0 Å². The van der Waals surface area contributed by atoms with Gasteiger partial charge >= 0.3 is 0 Å². The zero-order chi connectivity index (χ0) is 17.6. The van der Waals surface area contributed by atoms with Crippen molar-refractivity contribution >= 4 is 5.91 Å². The van der Waals surface area contributed by atoms with Crippen LogP contribution in [0.5, 0.6) is 0 Å². The Morgan fingerprint density at radius 3 is 1.92 bits per heavy atom. The van der Waals surface area contributed by atoms with Crippen LogP contribution in [0.3, 0.4) is 0 Å². The van der Waals surface area contributed by atoms with Gasteiger partial charge < -0.3 is 5.32 Å². The third-order valence-electron chi connectivity index (χ3n) is 5.44. The monoisotopic (exact) mass is 335 g/mol. The van der Waals surface area contributed by atoms with Gasteiger partial charge in [-0.25, -0.2) is 0 Å². The van der Waals surface area contributed by atoms with Crippen LogP contribution >= 0.6 is 0 Å². The zero-order valence-corrected chi connectivity index (χ0v) is 15.3. The van der Waals surface area contributed by atoms with E-state index in [2.05, 4.69) is 43.4 Å². The van der Waals surface area contributed by atoms with Gasteiger partial charge in [0.15, 0.2) is 0 Å². The minimum Gasteiger partial charge on any atom is -0.349 e. The molecule has 0 aromatic heterocycles. The minimum absolute atomic E-state index is 0.0336. The lowest BCUT2D eigenvalue weighted by molar-refractivity contribution is -0.124. The summed E-state index contributed by atoms with van der Waals surface area (Å²) >= 11 is 0. The number of rotatable bonds is 6. The fourth-order valence-corrected chi connectivity index (χ4v) is 4.13. The maximum Gasteiger partial charge on any atom is 0.228 e. The Kier molecular flexibility index (Phi) is 5.91. The van der Waals surface area contributed by atoms with Crippen molar-refractivity contribution in [2.45, 2.75) is 51.5 Å². The highest BCUT2D eigenvalue weighted by molar-refractivity contribution is 5.84. The van der Waals surface area contributed by atoms with Gasteiger partial charge in [-0.15, -0.1) is 0 Å². The van der Waals surface area contributed by atoms with E-state index < -0.39 is 0 Å². The van der Waals surface area contributed by atoms with Gasteiger partial charge in [-0.1, -0.05) is 87.4 Å². The van der Waals surface area contributed by atoms with Crippen LogP contribution in [0.25, 0.3) is 0 Å². The van der Waals surface area contributed by atoms with Crippen molar-refractivity contribution < 1.29 is 4.79 Å². The molecule has 1 N–H and O–H groups in total. The van der Waals surface area contributed by atoms with Gasteiger partial charge in [0.05, 0.1) is 12.0 Å². The van der Waals surface area contributed by atoms with Gasteiger partial charge in [0.2, 0.25) is 5.91 Å². The Labute approximate surface area is 151 Å². The number of hydrogen-bond donors (Lipinski definition) is 1. The minimum atomic E-state index is -0.0336. The highest BCUT2D eigenvalue weighted by Gasteiger charge is 2.33. The first-order valence-corrected chi connectivity index (χ1v) is 9.57. The lowest BCUT2D eigenvalue weighted by Crippen LogP contribution is -2.37. The molecule has 2 heteroatoms.